The van der Waals surface area contributed by atoms with Gasteiger partial charge in [0.1, 0.15) is 5.82 Å². The van der Waals surface area contributed by atoms with Gasteiger partial charge in [-0.25, -0.2) is 4.39 Å². The number of halogens is 1. The number of amides is 2. The van der Waals surface area contributed by atoms with Crippen LogP contribution in [0.25, 0.3) is 0 Å². The fourth-order valence-corrected chi connectivity index (χ4v) is 2.09. The molecule has 0 unspecified atom stereocenters. The average Bonchev–Trinajstić information content (AvgIpc) is 2.49. The Morgan fingerprint density at radius 2 is 1.83 bits per heavy atom. The van der Waals surface area contributed by atoms with Crippen LogP contribution in [-0.2, 0) is 16.0 Å². The summed E-state index contributed by atoms with van der Waals surface area (Å²) in [6.07, 6.45) is 0.240. The van der Waals surface area contributed by atoms with E-state index in [9.17, 15) is 14.0 Å². The van der Waals surface area contributed by atoms with Crippen LogP contribution >= 0.6 is 0 Å². The lowest BCUT2D eigenvalue weighted by atomic mass is 10.1. The standard InChI is InChI=1S/C18H19FN2O2/c1-13-6-8-14(9-7-13)10-18(23)21(2)12-17(22)20-16-5-3-4-15(19)11-16/h3-9,11H,10,12H2,1-2H3,(H,20,22). The number of hydrogen-bond donors (Lipinski definition) is 1. The summed E-state index contributed by atoms with van der Waals surface area (Å²) < 4.78 is 13.1. The van der Waals surface area contributed by atoms with Crippen molar-refractivity contribution < 1.29 is 14.0 Å². The number of aryl methyl sites for hydroxylation is 1. The highest BCUT2D eigenvalue weighted by Gasteiger charge is 2.13. The van der Waals surface area contributed by atoms with Gasteiger partial charge in [-0.1, -0.05) is 35.9 Å². The number of hydrogen-bond acceptors (Lipinski definition) is 2. The first-order chi connectivity index (χ1) is 10.9. The number of anilines is 1. The van der Waals surface area contributed by atoms with Crippen LogP contribution in [0.1, 0.15) is 11.1 Å². The molecule has 2 amide bonds. The minimum atomic E-state index is -0.424. The second kappa shape index (κ2) is 7.54. The lowest BCUT2D eigenvalue weighted by Gasteiger charge is -2.17. The minimum Gasteiger partial charge on any atom is -0.336 e. The first-order valence-electron chi connectivity index (χ1n) is 7.29. The van der Waals surface area contributed by atoms with Crippen LogP contribution in [0.15, 0.2) is 48.5 Å². The van der Waals surface area contributed by atoms with E-state index in [2.05, 4.69) is 5.32 Å². The van der Waals surface area contributed by atoms with Gasteiger partial charge in [-0.2, -0.15) is 0 Å². The lowest BCUT2D eigenvalue weighted by Crippen LogP contribution is -2.35. The molecular weight excluding hydrogens is 295 g/mol. The van der Waals surface area contributed by atoms with Gasteiger partial charge in [0, 0.05) is 12.7 Å². The van der Waals surface area contributed by atoms with Gasteiger partial charge in [-0.05, 0) is 30.7 Å². The van der Waals surface area contributed by atoms with E-state index in [4.69, 9.17) is 0 Å². The molecule has 0 aliphatic heterocycles. The zero-order valence-corrected chi connectivity index (χ0v) is 13.2. The van der Waals surface area contributed by atoms with Gasteiger partial charge in [-0.3, -0.25) is 9.59 Å². The van der Waals surface area contributed by atoms with E-state index >= 15 is 0 Å². The van der Waals surface area contributed by atoms with Gasteiger partial charge in [0.2, 0.25) is 11.8 Å². The summed E-state index contributed by atoms with van der Waals surface area (Å²) >= 11 is 0. The van der Waals surface area contributed by atoms with Crippen LogP contribution in [-0.4, -0.2) is 30.3 Å². The molecule has 0 fully saturated rings. The topological polar surface area (TPSA) is 49.4 Å². The number of carbonyl (C=O) groups excluding carboxylic acids is 2. The third-order valence-electron chi connectivity index (χ3n) is 3.39. The van der Waals surface area contributed by atoms with Crippen molar-refractivity contribution >= 4 is 17.5 Å². The highest BCUT2D eigenvalue weighted by atomic mass is 19.1. The number of nitrogens with zero attached hydrogens (tertiary/aromatic N) is 1. The fraction of sp³-hybridized carbons (Fsp3) is 0.222. The zero-order chi connectivity index (χ0) is 16.8. The molecule has 0 aliphatic rings. The van der Waals surface area contributed by atoms with E-state index in [1.54, 1.807) is 13.1 Å². The van der Waals surface area contributed by atoms with Gasteiger partial charge in [-0.15, -0.1) is 0 Å². The molecule has 1 N–H and O–H groups in total. The first-order valence-corrected chi connectivity index (χ1v) is 7.29. The third kappa shape index (κ3) is 5.21. The summed E-state index contributed by atoms with van der Waals surface area (Å²) in [6.45, 7) is 1.90. The molecule has 2 rings (SSSR count). The van der Waals surface area contributed by atoms with Gasteiger partial charge in [0.15, 0.2) is 0 Å². The van der Waals surface area contributed by atoms with Gasteiger partial charge in [0.05, 0.1) is 13.0 Å². The molecule has 2 aromatic carbocycles. The molecule has 0 atom stereocenters. The summed E-state index contributed by atoms with van der Waals surface area (Å²) in [5.74, 6) is -0.940. The number of nitrogens with one attached hydrogen (secondary N) is 1. The predicted octanol–water partition coefficient (Wildman–Crippen LogP) is 2.77. The smallest absolute Gasteiger partial charge is 0.243 e. The van der Waals surface area contributed by atoms with Crippen molar-refractivity contribution in [3.05, 3.63) is 65.5 Å². The van der Waals surface area contributed by atoms with Crippen molar-refractivity contribution in [2.45, 2.75) is 13.3 Å². The Kier molecular flexibility index (Phi) is 5.46. The molecule has 0 heterocycles. The van der Waals surface area contributed by atoms with Crippen molar-refractivity contribution in [2.24, 2.45) is 0 Å². The fourth-order valence-electron chi connectivity index (χ4n) is 2.09. The highest BCUT2D eigenvalue weighted by Crippen LogP contribution is 2.09. The molecule has 2 aromatic rings. The van der Waals surface area contributed by atoms with Crippen LogP contribution in [0, 0.1) is 12.7 Å². The van der Waals surface area contributed by atoms with Crippen LogP contribution in [0.4, 0.5) is 10.1 Å². The Morgan fingerprint density at radius 3 is 2.48 bits per heavy atom. The number of likely N-dealkylation sites (N-methyl/N-ethyl adjacent to an activating group) is 1. The van der Waals surface area contributed by atoms with Gasteiger partial charge < -0.3 is 10.2 Å². The van der Waals surface area contributed by atoms with Crippen LogP contribution in [0.2, 0.25) is 0 Å². The maximum Gasteiger partial charge on any atom is 0.243 e. The highest BCUT2D eigenvalue weighted by molar-refractivity contribution is 5.94. The quantitative estimate of drug-likeness (QED) is 0.922. The van der Waals surface area contributed by atoms with E-state index in [0.29, 0.717) is 5.69 Å². The van der Waals surface area contributed by atoms with Crippen molar-refractivity contribution in [3.8, 4) is 0 Å². The van der Waals surface area contributed by atoms with E-state index in [-0.39, 0.29) is 24.8 Å². The molecule has 23 heavy (non-hydrogen) atoms. The molecule has 0 spiro atoms. The Morgan fingerprint density at radius 1 is 1.13 bits per heavy atom. The second-order valence-corrected chi connectivity index (χ2v) is 5.47. The van der Waals surface area contributed by atoms with Gasteiger partial charge >= 0.3 is 0 Å². The third-order valence-corrected chi connectivity index (χ3v) is 3.39. The Balaban J connectivity index is 1.87. The summed E-state index contributed by atoms with van der Waals surface area (Å²) in [7, 11) is 1.57. The van der Waals surface area contributed by atoms with Crippen molar-refractivity contribution in [1.29, 1.82) is 0 Å². The number of rotatable bonds is 5. The molecule has 4 nitrogen and oxygen atoms in total. The average molecular weight is 314 g/mol. The predicted molar refractivity (Wildman–Crippen MR) is 87.5 cm³/mol. The Hall–Kier alpha value is -2.69. The Bertz CT molecular complexity index is 698. The molecule has 0 aliphatic carbocycles. The normalized spacial score (nSPS) is 10.2. The van der Waals surface area contributed by atoms with Gasteiger partial charge in [0.25, 0.3) is 0 Å². The van der Waals surface area contributed by atoms with E-state index in [1.165, 1.54) is 23.1 Å². The number of benzene rings is 2. The molecule has 0 saturated carbocycles. The van der Waals surface area contributed by atoms with E-state index < -0.39 is 5.82 Å². The monoisotopic (exact) mass is 314 g/mol. The molecule has 5 heteroatoms. The van der Waals surface area contributed by atoms with Crippen LogP contribution < -0.4 is 5.32 Å². The second-order valence-electron chi connectivity index (χ2n) is 5.47. The zero-order valence-electron chi connectivity index (χ0n) is 13.2. The summed E-state index contributed by atoms with van der Waals surface area (Å²) in [5, 5.41) is 2.57. The van der Waals surface area contributed by atoms with Crippen molar-refractivity contribution in [1.82, 2.24) is 4.90 Å². The summed E-state index contributed by atoms with van der Waals surface area (Å²) in [5.41, 5.74) is 2.40. The molecule has 0 aromatic heterocycles. The molecular formula is C18H19FN2O2. The molecule has 120 valence electrons. The Labute approximate surface area is 134 Å². The minimum absolute atomic E-state index is 0.0821. The summed E-state index contributed by atoms with van der Waals surface area (Å²) in [6, 6.07) is 13.3. The summed E-state index contributed by atoms with van der Waals surface area (Å²) in [4.78, 5) is 25.4. The number of carbonyl (C=O) groups is 2. The van der Waals surface area contributed by atoms with E-state index in [1.807, 2.05) is 31.2 Å². The van der Waals surface area contributed by atoms with Crippen molar-refractivity contribution in [2.75, 3.05) is 18.9 Å². The van der Waals surface area contributed by atoms with Crippen molar-refractivity contribution in [3.63, 3.8) is 0 Å². The maximum atomic E-state index is 13.1. The molecule has 0 radical (unpaired) electrons. The van der Waals surface area contributed by atoms with E-state index in [0.717, 1.165) is 11.1 Å². The van der Waals surface area contributed by atoms with Crippen LogP contribution in [0.5, 0.6) is 0 Å². The lowest BCUT2D eigenvalue weighted by molar-refractivity contribution is -0.132. The molecule has 0 saturated heterocycles. The first kappa shape index (κ1) is 16.7. The maximum absolute atomic E-state index is 13.1. The van der Waals surface area contributed by atoms with Crippen LogP contribution in [0.3, 0.4) is 0 Å². The SMILES string of the molecule is Cc1ccc(CC(=O)N(C)CC(=O)Nc2cccc(F)c2)cc1. The largest absolute Gasteiger partial charge is 0.336 e. The molecule has 0 bridgehead atoms.